The lowest BCUT2D eigenvalue weighted by Gasteiger charge is -2.26. The van der Waals surface area contributed by atoms with Crippen LogP contribution in [0.25, 0.3) is 0 Å². The number of rotatable bonds is 4. The van der Waals surface area contributed by atoms with Crippen LogP contribution in [0.1, 0.15) is 60.5 Å². The van der Waals surface area contributed by atoms with E-state index in [1.807, 2.05) is 6.92 Å². The number of hydrogen-bond acceptors (Lipinski definition) is 8. The van der Waals surface area contributed by atoms with E-state index in [9.17, 15) is 24.9 Å². The third kappa shape index (κ3) is 7.32. The fourth-order valence-electron chi connectivity index (χ4n) is 4.24. The van der Waals surface area contributed by atoms with Crippen molar-refractivity contribution in [2.75, 3.05) is 26.3 Å². The van der Waals surface area contributed by atoms with Crippen LogP contribution in [0.15, 0.2) is 35.5 Å². The van der Waals surface area contributed by atoms with Gasteiger partial charge in [0, 0.05) is 25.6 Å². The fourth-order valence-corrected chi connectivity index (χ4v) is 4.24. The van der Waals surface area contributed by atoms with Gasteiger partial charge in [-0.15, -0.1) is 0 Å². The molecule has 35 heavy (non-hydrogen) atoms. The summed E-state index contributed by atoms with van der Waals surface area (Å²) in [5.41, 5.74) is 1.18. The van der Waals surface area contributed by atoms with Crippen LogP contribution in [-0.4, -0.2) is 70.2 Å². The summed E-state index contributed by atoms with van der Waals surface area (Å²) in [6.07, 6.45) is 10.2. The summed E-state index contributed by atoms with van der Waals surface area (Å²) in [4.78, 5) is 32.4. The molecule has 1 saturated heterocycles. The number of aliphatic hydroxyl groups excluding tert-OH is 1. The second-order valence-electron chi connectivity index (χ2n) is 8.63. The van der Waals surface area contributed by atoms with Gasteiger partial charge >= 0.3 is 5.97 Å². The van der Waals surface area contributed by atoms with Crippen LogP contribution in [0.3, 0.4) is 0 Å². The Balaban J connectivity index is 1.92. The van der Waals surface area contributed by atoms with Gasteiger partial charge in [-0.3, -0.25) is 4.79 Å². The number of aliphatic hydroxyl groups is 1. The molecule has 0 spiro atoms. The lowest BCUT2D eigenvalue weighted by molar-refractivity contribution is -0.137. The average molecular weight is 487 g/mol. The number of fused-ring (bicyclic) bond motifs is 1. The van der Waals surface area contributed by atoms with E-state index in [0.717, 1.165) is 25.3 Å². The fraction of sp³-hybridized carbons (Fsp3) is 0.500. The van der Waals surface area contributed by atoms with Crippen molar-refractivity contribution < 1.29 is 34.5 Å². The molecule has 0 saturated carbocycles. The quantitative estimate of drug-likeness (QED) is 0.339. The predicted molar refractivity (Wildman–Crippen MR) is 130 cm³/mol. The number of carbonyl (C=O) groups is 2. The zero-order valence-electron chi connectivity index (χ0n) is 20.1. The number of amides is 1. The second kappa shape index (κ2) is 12.9. The monoisotopic (exact) mass is 486 g/mol. The number of nitrogens with zero attached hydrogens (tertiary/aromatic N) is 2. The number of aromatic hydroxyl groups is 2. The third-order valence-electron chi connectivity index (χ3n) is 6.06. The number of phenolic OH excluding ortho intramolecular Hbond substituents is 2. The minimum atomic E-state index is -0.723. The lowest BCUT2D eigenvalue weighted by atomic mass is 9.92. The molecule has 2 heterocycles. The smallest absolute Gasteiger partial charge is 0.342 e. The van der Waals surface area contributed by atoms with Crippen LogP contribution in [0, 0.1) is 0 Å². The van der Waals surface area contributed by atoms with Crippen molar-refractivity contribution in [3.63, 3.8) is 0 Å². The van der Waals surface area contributed by atoms with E-state index in [1.165, 1.54) is 0 Å². The molecule has 2 aliphatic rings. The number of carbonyl (C=O) groups excluding carboxylic acids is 2. The number of esters is 1. The highest BCUT2D eigenvalue weighted by atomic mass is 16.6. The number of hydrogen-bond donors (Lipinski definition) is 3. The minimum Gasteiger partial charge on any atom is -0.508 e. The Bertz CT molecular complexity index is 994. The number of ether oxygens (including phenoxy) is 1. The molecular weight excluding hydrogens is 452 g/mol. The van der Waals surface area contributed by atoms with Gasteiger partial charge in [0.2, 0.25) is 0 Å². The molecule has 9 heteroatoms. The van der Waals surface area contributed by atoms with Gasteiger partial charge in [0.1, 0.15) is 17.1 Å². The zero-order valence-corrected chi connectivity index (χ0v) is 20.1. The van der Waals surface area contributed by atoms with E-state index in [-0.39, 0.29) is 42.6 Å². The number of piperidine rings is 1. The molecule has 190 valence electrons. The summed E-state index contributed by atoms with van der Waals surface area (Å²) in [5, 5.41) is 35.2. The van der Waals surface area contributed by atoms with Crippen molar-refractivity contribution in [2.24, 2.45) is 5.16 Å². The minimum absolute atomic E-state index is 0.0359. The predicted octanol–water partition coefficient (Wildman–Crippen LogP) is 3.01. The van der Waals surface area contributed by atoms with Crippen molar-refractivity contribution in [3.8, 4) is 11.5 Å². The number of benzene rings is 1. The molecule has 0 aromatic heterocycles. The Morgan fingerprint density at radius 2 is 1.97 bits per heavy atom. The highest BCUT2D eigenvalue weighted by molar-refractivity contribution is 6.01. The van der Waals surface area contributed by atoms with Gasteiger partial charge in [-0.2, -0.15) is 0 Å². The number of oxime groups is 1. The SMILES string of the molecule is CCc1c(O)cc(O)c2c1CC(=N\OCC(=O)N1CCCCC1)/C=C/CC(O)/C=C/CCOC2=O. The van der Waals surface area contributed by atoms with Crippen molar-refractivity contribution >= 4 is 17.6 Å². The molecule has 1 amide bonds. The van der Waals surface area contributed by atoms with Crippen LogP contribution in [0.2, 0.25) is 0 Å². The van der Waals surface area contributed by atoms with Crippen LogP contribution >= 0.6 is 0 Å². The van der Waals surface area contributed by atoms with E-state index < -0.39 is 12.1 Å². The molecule has 0 bridgehead atoms. The van der Waals surface area contributed by atoms with Crippen LogP contribution < -0.4 is 0 Å². The molecule has 3 N–H and O–H groups in total. The Hall–Kier alpha value is -3.33. The highest BCUT2D eigenvalue weighted by Gasteiger charge is 2.24. The van der Waals surface area contributed by atoms with Gasteiger partial charge in [0.25, 0.3) is 5.91 Å². The zero-order chi connectivity index (χ0) is 25.2. The topological polar surface area (TPSA) is 129 Å². The largest absolute Gasteiger partial charge is 0.508 e. The molecule has 3 rings (SSSR count). The van der Waals surface area contributed by atoms with Gasteiger partial charge in [0.05, 0.1) is 18.4 Å². The van der Waals surface area contributed by atoms with Crippen molar-refractivity contribution in [3.05, 3.63) is 47.1 Å². The van der Waals surface area contributed by atoms with Gasteiger partial charge in [-0.1, -0.05) is 30.3 Å². The maximum atomic E-state index is 12.8. The van der Waals surface area contributed by atoms with E-state index >= 15 is 0 Å². The summed E-state index contributed by atoms with van der Waals surface area (Å²) in [5.74, 6) is -1.39. The first kappa shape index (κ1) is 26.3. The number of allylic oxidation sites excluding steroid dienone is 1. The van der Waals surface area contributed by atoms with Crippen molar-refractivity contribution in [2.45, 2.75) is 58.0 Å². The Labute approximate surface area is 205 Å². The van der Waals surface area contributed by atoms with Gasteiger partial charge < -0.3 is 29.8 Å². The van der Waals surface area contributed by atoms with Crippen LogP contribution in [-0.2, 0) is 27.2 Å². The lowest BCUT2D eigenvalue weighted by Crippen LogP contribution is -2.37. The third-order valence-corrected chi connectivity index (χ3v) is 6.06. The Morgan fingerprint density at radius 3 is 2.71 bits per heavy atom. The maximum Gasteiger partial charge on any atom is 0.342 e. The molecule has 0 radical (unpaired) electrons. The Morgan fingerprint density at radius 1 is 1.20 bits per heavy atom. The number of phenols is 2. The Kier molecular flexibility index (Phi) is 9.72. The van der Waals surface area contributed by atoms with Gasteiger partial charge in [-0.25, -0.2) is 4.79 Å². The standard InChI is InChI=1S/C26H34N2O7/c1-2-20-21-15-18(27-35-17-24(32)28-12-5-3-6-13-28)9-8-11-19(29)10-4-7-14-34-26(33)25(21)23(31)16-22(20)30/h4,8-10,16,19,29-31H,2-3,5-7,11-15,17H2,1H3/b9-8+,10-4+,27-18-. The molecule has 1 aromatic rings. The van der Waals surface area contributed by atoms with E-state index in [0.29, 0.717) is 49.2 Å². The molecule has 2 aliphatic heterocycles. The summed E-state index contributed by atoms with van der Waals surface area (Å²) in [6.45, 7) is 3.09. The summed E-state index contributed by atoms with van der Waals surface area (Å²) >= 11 is 0. The first-order valence-electron chi connectivity index (χ1n) is 12.1. The van der Waals surface area contributed by atoms with Crippen molar-refractivity contribution in [1.29, 1.82) is 0 Å². The van der Waals surface area contributed by atoms with Crippen LogP contribution in [0.5, 0.6) is 11.5 Å². The maximum absolute atomic E-state index is 12.8. The van der Waals surface area contributed by atoms with Gasteiger partial charge in [-0.05, 0) is 55.7 Å². The van der Waals surface area contributed by atoms with E-state index in [4.69, 9.17) is 9.57 Å². The van der Waals surface area contributed by atoms with Crippen LogP contribution in [0.4, 0.5) is 0 Å². The molecule has 1 aromatic carbocycles. The molecule has 1 fully saturated rings. The molecule has 9 nitrogen and oxygen atoms in total. The van der Waals surface area contributed by atoms with E-state index in [2.05, 4.69) is 5.16 Å². The normalized spacial score (nSPS) is 22.6. The van der Waals surface area contributed by atoms with Crippen molar-refractivity contribution in [1.82, 2.24) is 4.90 Å². The average Bonchev–Trinajstić information content (AvgIpc) is 2.83. The first-order chi connectivity index (χ1) is 16.9. The second-order valence-corrected chi connectivity index (χ2v) is 8.63. The first-order valence-corrected chi connectivity index (χ1v) is 12.1. The molecule has 1 unspecified atom stereocenters. The summed E-state index contributed by atoms with van der Waals surface area (Å²) < 4.78 is 5.33. The number of likely N-dealkylation sites (tertiary alicyclic amines) is 1. The summed E-state index contributed by atoms with van der Waals surface area (Å²) in [6, 6.07) is 1.14. The van der Waals surface area contributed by atoms with E-state index in [1.54, 1.807) is 29.2 Å². The van der Waals surface area contributed by atoms with Gasteiger partial charge in [0.15, 0.2) is 6.61 Å². The molecule has 0 aliphatic carbocycles. The molecular formula is C26H34N2O7. The number of cyclic esters (lactones) is 1. The highest BCUT2D eigenvalue weighted by Crippen LogP contribution is 2.34. The molecule has 1 atom stereocenters. The summed E-state index contributed by atoms with van der Waals surface area (Å²) in [7, 11) is 0.